The van der Waals surface area contributed by atoms with Crippen LogP contribution in [-0.2, 0) is 28.0 Å². The van der Waals surface area contributed by atoms with Gasteiger partial charge in [0.05, 0.1) is 0 Å². The van der Waals surface area contributed by atoms with E-state index in [0.717, 1.165) is 29.7 Å². The summed E-state index contributed by atoms with van der Waals surface area (Å²) in [4.78, 5) is 53.8. The Labute approximate surface area is 199 Å². The first kappa shape index (κ1) is 23.5. The Hall–Kier alpha value is -3.68. The zero-order chi connectivity index (χ0) is 24.5. The number of benzene rings is 2. The number of nitrogens with zero attached hydrogens (tertiary/aromatic N) is 2. The average molecular weight is 463 g/mol. The van der Waals surface area contributed by atoms with Crippen molar-refractivity contribution in [1.29, 1.82) is 0 Å². The van der Waals surface area contributed by atoms with Crippen LogP contribution in [0.1, 0.15) is 54.2 Å². The third-order valence-electron chi connectivity index (χ3n) is 6.70. The second kappa shape index (κ2) is 9.29. The quantitative estimate of drug-likeness (QED) is 0.618. The van der Waals surface area contributed by atoms with Gasteiger partial charge < -0.3 is 15.5 Å². The van der Waals surface area contributed by atoms with E-state index in [2.05, 4.69) is 10.6 Å². The number of hydrogen-bond donors (Lipinski definition) is 2. The number of anilines is 1. The molecule has 5 amide bonds. The minimum atomic E-state index is -1.22. The highest BCUT2D eigenvalue weighted by molar-refractivity contribution is 6.10. The number of amides is 5. The van der Waals surface area contributed by atoms with E-state index >= 15 is 0 Å². The highest BCUT2D eigenvalue weighted by atomic mass is 16.2. The number of hydrogen-bond acceptors (Lipinski definition) is 4. The minimum Gasteiger partial charge on any atom is -0.339 e. The maximum atomic E-state index is 13.2. The van der Waals surface area contributed by atoms with Gasteiger partial charge in [-0.05, 0) is 74.9 Å². The molecule has 34 heavy (non-hydrogen) atoms. The van der Waals surface area contributed by atoms with Gasteiger partial charge in [0.25, 0.3) is 11.8 Å². The van der Waals surface area contributed by atoms with Crippen molar-refractivity contribution in [2.24, 2.45) is 0 Å². The van der Waals surface area contributed by atoms with E-state index in [1.54, 1.807) is 36.1 Å². The molecule has 0 aromatic heterocycles. The van der Waals surface area contributed by atoms with Crippen molar-refractivity contribution >= 4 is 29.4 Å². The predicted molar refractivity (Wildman–Crippen MR) is 128 cm³/mol. The predicted octanol–water partition coefficient (Wildman–Crippen LogP) is 3.06. The molecule has 1 heterocycles. The number of imide groups is 1. The third kappa shape index (κ3) is 4.27. The van der Waals surface area contributed by atoms with Crippen LogP contribution < -0.4 is 10.6 Å². The molecule has 1 aliphatic heterocycles. The fraction of sp³-hybridized carbons (Fsp3) is 0.385. The first-order chi connectivity index (χ1) is 16.3. The first-order valence-corrected chi connectivity index (χ1v) is 11.7. The van der Waals surface area contributed by atoms with Gasteiger partial charge >= 0.3 is 6.03 Å². The zero-order valence-corrected chi connectivity index (χ0v) is 19.8. The van der Waals surface area contributed by atoms with Gasteiger partial charge in [-0.3, -0.25) is 19.3 Å². The molecule has 1 saturated heterocycles. The van der Waals surface area contributed by atoms with E-state index < -0.39 is 29.9 Å². The fourth-order valence-electron chi connectivity index (χ4n) is 4.69. The molecule has 4 rings (SSSR count). The second-order valence-corrected chi connectivity index (χ2v) is 8.89. The van der Waals surface area contributed by atoms with Crippen LogP contribution in [0.2, 0.25) is 0 Å². The summed E-state index contributed by atoms with van der Waals surface area (Å²) in [6.45, 7) is 6.23. The second-order valence-electron chi connectivity index (χ2n) is 8.89. The van der Waals surface area contributed by atoms with Gasteiger partial charge in [-0.25, -0.2) is 4.79 Å². The molecule has 2 aromatic rings. The molecular weight excluding hydrogens is 432 g/mol. The van der Waals surface area contributed by atoms with Crippen LogP contribution in [0.5, 0.6) is 0 Å². The molecule has 1 atom stereocenters. The zero-order valence-electron chi connectivity index (χ0n) is 19.8. The van der Waals surface area contributed by atoms with Gasteiger partial charge in [0, 0.05) is 24.3 Å². The van der Waals surface area contributed by atoms with Gasteiger partial charge in [0.15, 0.2) is 0 Å². The Kier molecular flexibility index (Phi) is 6.41. The van der Waals surface area contributed by atoms with Gasteiger partial charge in [-0.15, -0.1) is 0 Å². The van der Waals surface area contributed by atoms with Crippen LogP contribution in [0.4, 0.5) is 10.5 Å². The van der Waals surface area contributed by atoms with E-state index in [4.69, 9.17) is 0 Å². The molecule has 0 radical (unpaired) electrons. The number of urea groups is 1. The topological polar surface area (TPSA) is 98.8 Å². The molecule has 178 valence electrons. The molecule has 1 unspecified atom stereocenters. The minimum absolute atomic E-state index is 0.125. The highest BCUT2D eigenvalue weighted by Gasteiger charge is 2.49. The van der Waals surface area contributed by atoms with Crippen LogP contribution in [-0.4, -0.2) is 53.2 Å². The lowest BCUT2D eigenvalue weighted by atomic mass is 9.89. The van der Waals surface area contributed by atoms with Crippen molar-refractivity contribution in [2.45, 2.75) is 45.6 Å². The largest absolute Gasteiger partial charge is 0.339 e. The number of aryl methyl sites for hydroxylation is 2. The smallest absolute Gasteiger partial charge is 0.325 e. The molecule has 1 fully saturated rings. The maximum Gasteiger partial charge on any atom is 0.325 e. The fourth-order valence-corrected chi connectivity index (χ4v) is 4.69. The summed E-state index contributed by atoms with van der Waals surface area (Å²) in [7, 11) is 0. The number of nitrogens with one attached hydrogen (secondary N) is 2. The Morgan fingerprint density at radius 1 is 1.06 bits per heavy atom. The molecule has 1 aliphatic carbocycles. The van der Waals surface area contributed by atoms with Crippen LogP contribution in [0, 0.1) is 0 Å². The Balaban J connectivity index is 1.46. The van der Waals surface area contributed by atoms with Gasteiger partial charge in [0.2, 0.25) is 5.91 Å². The molecule has 8 nitrogen and oxygen atoms in total. The molecule has 8 heteroatoms. The van der Waals surface area contributed by atoms with E-state index in [9.17, 15) is 19.2 Å². The lowest BCUT2D eigenvalue weighted by Gasteiger charge is -2.23. The number of rotatable bonds is 7. The van der Waals surface area contributed by atoms with Crippen molar-refractivity contribution in [3.63, 3.8) is 0 Å². The number of carbonyl (C=O) groups is 4. The standard InChI is InChI=1S/C26H30N4O4/c1-4-29(5-2)23(32)19-10-7-11-21(15-19)27-22(31)16-30-24(33)26(3,28-25(30)34)20-13-12-17-8-6-9-18(17)14-20/h7,10-15H,4-6,8-9,16H2,1-3H3,(H,27,31)(H,28,34). The van der Waals surface area contributed by atoms with Crippen molar-refractivity contribution < 1.29 is 19.2 Å². The summed E-state index contributed by atoms with van der Waals surface area (Å²) >= 11 is 0. The summed E-state index contributed by atoms with van der Waals surface area (Å²) in [5.41, 5.74) is 2.87. The number of carbonyl (C=O) groups excluding carboxylic acids is 4. The molecular formula is C26H30N4O4. The van der Waals surface area contributed by atoms with Gasteiger partial charge in [-0.2, -0.15) is 0 Å². The van der Waals surface area contributed by atoms with Crippen molar-refractivity contribution in [3.05, 3.63) is 64.7 Å². The van der Waals surface area contributed by atoms with Crippen LogP contribution >= 0.6 is 0 Å². The summed E-state index contributed by atoms with van der Waals surface area (Å²) in [5, 5.41) is 5.46. The Morgan fingerprint density at radius 2 is 1.79 bits per heavy atom. The summed E-state index contributed by atoms with van der Waals surface area (Å²) in [6, 6.07) is 11.9. The molecule has 2 N–H and O–H groups in total. The third-order valence-corrected chi connectivity index (χ3v) is 6.70. The SMILES string of the molecule is CCN(CC)C(=O)c1cccc(NC(=O)CN2C(=O)NC(C)(c3ccc4c(c3)CCC4)C2=O)c1. The molecule has 0 saturated carbocycles. The Bertz CT molecular complexity index is 1160. The van der Waals surface area contributed by atoms with Crippen LogP contribution in [0.3, 0.4) is 0 Å². The summed E-state index contributed by atoms with van der Waals surface area (Å²) < 4.78 is 0. The summed E-state index contributed by atoms with van der Waals surface area (Å²) in [5.74, 6) is -1.11. The highest BCUT2D eigenvalue weighted by Crippen LogP contribution is 2.32. The molecule has 0 bridgehead atoms. The Morgan fingerprint density at radius 3 is 2.53 bits per heavy atom. The van der Waals surface area contributed by atoms with Crippen LogP contribution in [0.15, 0.2) is 42.5 Å². The average Bonchev–Trinajstić information content (AvgIpc) is 3.38. The number of fused-ring (bicyclic) bond motifs is 1. The van der Waals surface area contributed by atoms with Crippen LogP contribution in [0.25, 0.3) is 0 Å². The van der Waals surface area contributed by atoms with Crippen molar-refractivity contribution in [3.8, 4) is 0 Å². The van der Waals surface area contributed by atoms with Crippen molar-refractivity contribution in [1.82, 2.24) is 15.1 Å². The van der Waals surface area contributed by atoms with Gasteiger partial charge in [-0.1, -0.05) is 24.3 Å². The van der Waals surface area contributed by atoms with E-state index in [0.29, 0.717) is 24.3 Å². The van der Waals surface area contributed by atoms with Crippen molar-refractivity contribution in [2.75, 3.05) is 25.0 Å². The molecule has 2 aromatic carbocycles. The lowest BCUT2D eigenvalue weighted by molar-refractivity contribution is -0.133. The van der Waals surface area contributed by atoms with Gasteiger partial charge in [0.1, 0.15) is 12.1 Å². The lowest BCUT2D eigenvalue weighted by Crippen LogP contribution is -2.42. The first-order valence-electron chi connectivity index (χ1n) is 11.7. The van der Waals surface area contributed by atoms with E-state index in [-0.39, 0.29) is 5.91 Å². The van der Waals surface area contributed by atoms with E-state index in [1.165, 1.54) is 11.1 Å². The van der Waals surface area contributed by atoms with E-state index in [1.807, 2.05) is 32.0 Å². The summed E-state index contributed by atoms with van der Waals surface area (Å²) in [6.07, 6.45) is 3.08. The molecule has 0 spiro atoms. The maximum absolute atomic E-state index is 13.2. The normalized spacial score (nSPS) is 19.1. The monoisotopic (exact) mass is 462 g/mol. The molecule has 2 aliphatic rings.